The van der Waals surface area contributed by atoms with Crippen LogP contribution in [0.5, 0.6) is 0 Å². The Morgan fingerprint density at radius 1 is 1.48 bits per heavy atom. The van der Waals surface area contributed by atoms with Crippen LogP contribution in [0.2, 0.25) is 0 Å². The number of pyridine rings is 1. The molecule has 0 spiro atoms. The zero-order valence-corrected chi connectivity index (χ0v) is 14.6. The molecule has 2 rings (SSSR count). The number of amides is 1. The van der Waals surface area contributed by atoms with E-state index in [2.05, 4.69) is 10.3 Å². The maximum atomic E-state index is 12.0. The fourth-order valence-electron chi connectivity index (χ4n) is 2.90. The Bertz CT molecular complexity index is 566. The highest BCUT2D eigenvalue weighted by Gasteiger charge is 2.37. The van der Waals surface area contributed by atoms with Crippen molar-refractivity contribution in [3.05, 3.63) is 24.0 Å². The number of hydrogen-bond acceptors (Lipinski definition) is 5. The summed E-state index contributed by atoms with van der Waals surface area (Å²) in [5.41, 5.74) is 6.65. The first-order valence-electron chi connectivity index (χ1n) is 7.92. The van der Waals surface area contributed by atoms with E-state index in [1.807, 2.05) is 40.7 Å². The summed E-state index contributed by atoms with van der Waals surface area (Å²) >= 11 is 0. The monoisotopic (exact) mass is 321 g/mol. The van der Waals surface area contributed by atoms with Crippen molar-refractivity contribution in [3.8, 4) is 0 Å². The summed E-state index contributed by atoms with van der Waals surface area (Å²) in [7, 11) is 0. The van der Waals surface area contributed by atoms with Crippen molar-refractivity contribution in [1.29, 1.82) is 0 Å². The van der Waals surface area contributed by atoms with Gasteiger partial charge in [-0.2, -0.15) is 0 Å². The summed E-state index contributed by atoms with van der Waals surface area (Å²) in [4.78, 5) is 16.1. The van der Waals surface area contributed by atoms with Crippen molar-refractivity contribution in [2.24, 2.45) is 0 Å². The minimum absolute atomic E-state index is 0.0360. The Balaban J connectivity index is 2.10. The Morgan fingerprint density at radius 3 is 2.78 bits per heavy atom. The van der Waals surface area contributed by atoms with Crippen LogP contribution >= 0.6 is 0 Å². The van der Waals surface area contributed by atoms with Gasteiger partial charge in [0.25, 0.3) is 0 Å². The number of nitrogen functional groups attached to an aromatic ring is 1. The average molecular weight is 321 g/mol. The van der Waals surface area contributed by atoms with Crippen LogP contribution in [0, 0.1) is 0 Å². The topological polar surface area (TPSA) is 86.5 Å². The van der Waals surface area contributed by atoms with Gasteiger partial charge in [-0.15, -0.1) is 0 Å². The Hall–Kier alpha value is -1.82. The second-order valence-corrected chi connectivity index (χ2v) is 7.65. The summed E-state index contributed by atoms with van der Waals surface area (Å²) in [6, 6.07) is 1.83. The van der Waals surface area contributed by atoms with E-state index in [-0.39, 0.29) is 17.7 Å². The molecule has 0 saturated carbocycles. The van der Waals surface area contributed by atoms with Gasteiger partial charge in [0.2, 0.25) is 0 Å². The predicted molar refractivity (Wildman–Crippen MR) is 88.9 cm³/mol. The van der Waals surface area contributed by atoms with E-state index in [0.717, 1.165) is 5.56 Å². The largest absolute Gasteiger partial charge is 0.444 e. The van der Waals surface area contributed by atoms with Crippen LogP contribution in [-0.2, 0) is 9.47 Å². The van der Waals surface area contributed by atoms with Gasteiger partial charge in [0.15, 0.2) is 0 Å². The highest BCUT2D eigenvalue weighted by atomic mass is 16.6. The molecule has 23 heavy (non-hydrogen) atoms. The minimum Gasteiger partial charge on any atom is -0.444 e. The third kappa shape index (κ3) is 5.10. The van der Waals surface area contributed by atoms with Crippen molar-refractivity contribution in [2.75, 3.05) is 5.73 Å². The van der Waals surface area contributed by atoms with Crippen LogP contribution in [0.3, 0.4) is 0 Å². The molecule has 1 amide bonds. The summed E-state index contributed by atoms with van der Waals surface area (Å²) in [5, 5.41) is 2.95. The average Bonchev–Trinajstić information content (AvgIpc) is 2.34. The second kappa shape index (κ2) is 6.35. The highest BCUT2D eigenvalue weighted by Crippen LogP contribution is 2.38. The first-order chi connectivity index (χ1) is 10.6. The smallest absolute Gasteiger partial charge is 0.407 e. The molecular formula is C17H27N3O3. The minimum atomic E-state index is -0.514. The molecule has 3 N–H and O–H groups in total. The summed E-state index contributed by atoms with van der Waals surface area (Å²) in [5.74, 6) is 0. The van der Waals surface area contributed by atoms with E-state index < -0.39 is 11.7 Å². The van der Waals surface area contributed by atoms with Crippen molar-refractivity contribution in [1.82, 2.24) is 10.3 Å². The lowest BCUT2D eigenvalue weighted by molar-refractivity contribution is -0.118. The zero-order valence-electron chi connectivity index (χ0n) is 14.6. The molecule has 0 unspecified atom stereocenters. The third-order valence-electron chi connectivity index (χ3n) is 3.65. The maximum absolute atomic E-state index is 12.0. The lowest BCUT2D eigenvalue weighted by Gasteiger charge is -2.41. The molecule has 1 aromatic rings. The van der Waals surface area contributed by atoms with E-state index in [1.54, 1.807) is 12.4 Å². The van der Waals surface area contributed by atoms with Crippen LogP contribution in [-0.4, -0.2) is 28.3 Å². The molecule has 0 radical (unpaired) electrons. The standard InChI is InChI=1S/C17H27N3O3/c1-16(2,3)23-15(21)20-11-8-14(22-17(4,5)9-11)12-6-7-19-10-13(12)18/h6-7,10-11,14H,8-9,18H2,1-5H3,(H,20,21)/t11-,14+/m0/s1. The van der Waals surface area contributed by atoms with Gasteiger partial charge >= 0.3 is 6.09 Å². The van der Waals surface area contributed by atoms with E-state index in [1.165, 1.54) is 0 Å². The molecule has 1 saturated heterocycles. The number of nitrogens with one attached hydrogen (secondary N) is 1. The van der Waals surface area contributed by atoms with Crippen molar-refractivity contribution in [3.63, 3.8) is 0 Å². The molecule has 1 aliphatic heterocycles. The van der Waals surface area contributed by atoms with Gasteiger partial charge in [-0.05, 0) is 53.5 Å². The summed E-state index contributed by atoms with van der Waals surface area (Å²) in [6.07, 6.45) is 4.11. The fourth-order valence-corrected chi connectivity index (χ4v) is 2.90. The molecule has 2 heterocycles. The molecule has 1 aliphatic rings. The van der Waals surface area contributed by atoms with E-state index in [0.29, 0.717) is 18.5 Å². The third-order valence-corrected chi connectivity index (χ3v) is 3.65. The second-order valence-electron chi connectivity index (χ2n) is 7.65. The van der Waals surface area contributed by atoms with Gasteiger partial charge in [-0.3, -0.25) is 4.98 Å². The van der Waals surface area contributed by atoms with Gasteiger partial charge in [-0.25, -0.2) is 4.79 Å². The molecule has 2 atom stereocenters. The first kappa shape index (κ1) is 17.5. The van der Waals surface area contributed by atoms with E-state index in [9.17, 15) is 4.79 Å². The van der Waals surface area contributed by atoms with E-state index >= 15 is 0 Å². The van der Waals surface area contributed by atoms with Gasteiger partial charge in [0, 0.05) is 17.8 Å². The quantitative estimate of drug-likeness (QED) is 0.873. The highest BCUT2D eigenvalue weighted by molar-refractivity contribution is 5.68. The number of nitrogens with zero attached hydrogens (tertiary/aromatic N) is 1. The zero-order chi connectivity index (χ0) is 17.3. The Kier molecular flexibility index (Phi) is 4.84. The Labute approximate surface area is 137 Å². The molecule has 1 aromatic heterocycles. The lowest BCUT2D eigenvalue weighted by Crippen LogP contribution is -2.48. The molecule has 0 bridgehead atoms. The van der Waals surface area contributed by atoms with Gasteiger partial charge in [0.1, 0.15) is 5.60 Å². The van der Waals surface area contributed by atoms with Crippen LogP contribution < -0.4 is 11.1 Å². The van der Waals surface area contributed by atoms with Crippen LogP contribution in [0.25, 0.3) is 0 Å². The number of carbonyl (C=O) groups excluding carboxylic acids is 1. The SMILES string of the molecule is CC(C)(C)OC(=O)N[C@H]1C[C@H](c2ccncc2N)OC(C)(C)C1. The first-order valence-corrected chi connectivity index (χ1v) is 7.92. The molecular weight excluding hydrogens is 294 g/mol. The number of ether oxygens (including phenoxy) is 2. The Morgan fingerprint density at radius 2 is 2.17 bits per heavy atom. The maximum Gasteiger partial charge on any atom is 0.407 e. The summed E-state index contributed by atoms with van der Waals surface area (Å²) in [6.45, 7) is 9.57. The number of carbonyl (C=O) groups is 1. The predicted octanol–water partition coefficient (Wildman–Crippen LogP) is 3.19. The molecule has 128 valence electrons. The molecule has 0 aromatic carbocycles. The lowest BCUT2D eigenvalue weighted by atomic mass is 9.88. The fraction of sp³-hybridized carbons (Fsp3) is 0.647. The number of alkyl carbamates (subject to hydrolysis) is 1. The van der Waals surface area contributed by atoms with Crippen molar-refractivity contribution in [2.45, 2.75) is 70.8 Å². The molecule has 6 heteroatoms. The van der Waals surface area contributed by atoms with Gasteiger partial charge in [0.05, 0.1) is 23.6 Å². The van der Waals surface area contributed by atoms with Crippen molar-refractivity contribution < 1.29 is 14.3 Å². The molecule has 0 aliphatic carbocycles. The van der Waals surface area contributed by atoms with Crippen LogP contribution in [0.1, 0.15) is 59.1 Å². The molecule has 1 fully saturated rings. The van der Waals surface area contributed by atoms with Gasteiger partial charge in [-0.1, -0.05) is 0 Å². The summed E-state index contributed by atoms with van der Waals surface area (Å²) < 4.78 is 11.5. The number of anilines is 1. The van der Waals surface area contributed by atoms with Gasteiger partial charge < -0.3 is 20.5 Å². The van der Waals surface area contributed by atoms with E-state index in [4.69, 9.17) is 15.2 Å². The van der Waals surface area contributed by atoms with Crippen LogP contribution in [0.4, 0.5) is 10.5 Å². The van der Waals surface area contributed by atoms with Crippen LogP contribution in [0.15, 0.2) is 18.5 Å². The van der Waals surface area contributed by atoms with Crippen molar-refractivity contribution >= 4 is 11.8 Å². The number of hydrogen-bond donors (Lipinski definition) is 2. The number of rotatable bonds is 2. The number of nitrogens with two attached hydrogens (primary N) is 1. The normalized spacial score (nSPS) is 24.0. The number of aromatic nitrogens is 1. The molecule has 6 nitrogen and oxygen atoms in total.